The maximum absolute atomic E-state index is 12.9. The molecule has 1 aromatic rings. The minimum atomic E-state index is -4.64. The molecule has 0 saturated carbocycles. The van der Waals surface area contributed by atoms with Crippen molar-refractivity contribution in [2.75, 3.05) is 0 Å². The molecule has 0 saturated heterocycles. The Morgan fingerprint density at radius 3 is 2.53 bits per heavy atom. The first kappa shape index (κ1) is 15.8. The van der Waals surface area contributed by atoms with Crippen molar-refractivity contribution < 1.29 is 23.6 Å². The summed E-state index contributed by atoms with van der Waals surface area (Å²) in [5.74, 6) is 2.13. The second-order valence-electron chi connectivity index (χ2n) is 3.02. The molecule has 1 heterocycles. The molecule has 1 aromatic heterocycles. The highest BCUT2D eigenvalue weighted by Crippen LogP contribution is 2.25. The lowest BCUT2D eigenvalue weighted by molar-refractivity contribution is 0.275. The average Bonchev–Trinajstić information content (AvgIpc) is 2.19. The lowest BCUT2D eigenvalue weighted by atomic mass is 10.1. The summed E-state index contributed by atoms with van der Waals surface area (Å²) in [7, 11) is -4.64. The molecule has 7 heteroatoms. The van der Waals surface area contributed by atoms with Crippen LogP contribution in [0.5, 0.6) is 0 Å². The number of hydrogen-bond donors (Lipinski definition) is 3. The van der Waals surface area contributed by atoms with Gasteiger partial charge in [0.2, 0.25) is 5.95 Å². The predicted molar refractivity (Wildman–Crippen MR) is 60.2 cm³/mol. The summed E-state index contributed by atoms with van der Waals surface area (Å²) in [6, 6.07) is 3.47. The van der Waals surface area contributed by atoms with Gasteiger partial charge in [-0.25, -0.2) is 9.55 Å². The third-order valence-electron chi connectivity index (χ3n) is 1.60. The number of rotatable bonds is 3. The molecular formula is C10H13FNO4P. The van der Waals surface area contributed by atoms with Gasteiger partial charge < -0.3 is 14.7 Å². The molecule has 5 nitrogen and oxygen atoms in total. The zero-order valence-corrected chi connectivity index (χ0v) is 9.85. The van der Waals surface area contributed by atoms with Crippen molar-refractivity contribution >= 4 is 7.82 Å². The van der Waals surface area contributed by atoms with Gasteiger partial charge in [0.15, 0.2) is 0 Å². The Bertz CT molecular complexity index is 418. The summed E-state index contributed by atoms with van der Waals surface area (Å²) < 4.78 is 21.7. The molecular weight excluding hydrogens is 248 g/mol. The van der Waals surface area contributed by atoms with E-state index in [1.165, 1.54) is 6.20 Å². The van der Waals surface area contributed by atoms with E-state index in [0.29, 0.717) is 18.4 Å². The molecule has 0 atom stereocenters. The minimum absolute atomic E-state index is 0.380. The van der Waals surface area contributed by atoms with Crippen LogP contribution in [-0.2, 0) is 11.0 Å². The van der Waals surface area contributed by atoms with Gasteiger partial charge in [0.1, 0.15) is 0 Å². The van der Waals surface area contributed by atoms with Crippen molar-refractivity contribution in [3.8, 4) is 12.3 Å². The fourth-order valence-electron chi connectivity index (χ4n) is 0.987. The van der Waals surface area contributed by atoms with Gasteiger partial charge in [0.25, 0.3) is 0 Å². The van der Waals surface area contributed by atoms with Gasteiger partial charge >= 0.3 is 7.82 Å². The Balaban J connectivity index is 0.000000437. The molecule has 1 rings (SSSR count). The highest BCUT2D eigenvalue weighted by molar-refractivity contribution is 7.45. The fourth-order valence-corrected chi connectivity index (χ4v) is 0.987. The number of nitrogens with zero attached hydrogens (tertiary/aromatic N) is 1. The van der Waals surface area contributed by atoms with Gasteiger partial charge in [-0.1, -0.05) is 6.07 Å². The quantitative estimate of drug-likeness (QED) is 0.329. The first-order valence-electron chi connectivity index (χ1n) is 4.65. The molecule has 0 amide bonds. The highest BCUT2D eigenvalue weighted by atomic mass is 31.2. The highest BCUT2D eigenvalue weighted by Gasteiger charge is 2.00. The second-order valence-corrected chi connectivity index (χ2v) is 4.05. The Morgan fingerprint density at radius 2 is 2.06 bits per heavy atom. The maximum atomic E-state index is 12.9. The number of pyridine rings is 1. The number of terminal acetylenes is 1. The van der Waals surface area contributed by atoms with Crippen molar-refractivity contribution in [2.24, 2.45) is 0 Å². The van der Waals surface area contributed by atoms with Crippen LogP contribution in [-0.4, -0.2) is 19.7 Å². The van der Waals surface area contributed by atoms with E-state index in [4.69, 9.17) is 25.7 Å². The largest absolute Gasteiger partial charge is 0.466 e. The molecule has 0 aromatic carbocycles. The summed E-state index contributed by atoms with van der Waals surface area (Å²) in [6.07, 6.45) is 8.69. The summed E-state index contributed by atoms with van der Waals surface area (Å²) in [4.78, 5) is 25.1. The van der Waals surface area contributed by atoms with Crippen LogP contribution in [0.4, 0.5) is 4.39 Å². The number of aromatic nitrogens is 1. The summed E-state index contributed by atoms with van der Waals surface area (Å²) >= 11 is 0. The van der Waals surface area contributed by atoms with Crippen LogP contribution in [0.2, 0.25) is 0 Å². The van der Waals surface area contributed by atoms with E-state index in [1.807, 2.05) is 0 Å². The zero-order valence-electron chi connectivity index (χ0n) is 8.95. The van der Waals surface area contributed by atoms with Crippen molar-refractivity contribution in [1.29, 1.82) is 0 Å². The molecule has 0 spiro atoms. The fraction of sp³-hybridized carbons (Fsp3) is 0.300. The van der Waals surface area contributed by atoms with Crippen molar-refractivity contribution in [2.45, 2.75) is 19.3 Å². The third kappa shape index (κ3) is 11.0. The van der Waals surface area contributed by atoms with Gasteiger partial charge in [-0.15, -0.1) is 12.3 Å². The lowest BCUT2D eigenvalue weighted by Crippen LogP contribution is -1.92. The van der Waals surface area contributed by atoms with E-state index >= 15 is 0 Å². The predicted octanol–water partition coefficient (Wildman–Crippen LogP) is 1.25. The van der Waals surface area contributed by atoms with E-state index in [1.54, 1.807) is 12.1 Å². The van der Waals surface area contributed by atoms with Crippen LogP contribution in [0.15, 0.2) is 18.3 Å². The van der Waals surface area contributed by atoms with Crippen LogP contribution in [0.3, 0.4) is 0 Å². The van der Waals surface area contributed by atoms with Crippen LogP contribution in [0, 0.1) is 18.3 Å². The topological polar surface area (TPSA) is 90.7 Å². The van der Waals surface area contributed by atoms with Gasteiger partial charge in [-0.05, 0) is 18.9 Å². The Hall–Kier alpha value is -1.25. The third-order valence-corrected chi connectivity index (χ3v) is 1.60. The molecule has 0 radical (unpaired) electrons. The van der Waals surface area contributed by atoms with Gasteiger partial charge in [0, 0.05) is 18.2 Å². The standard InChI is InChI=1S/C10H10FN.H3O4P/c1-2-3-4-6-9-7-5-8-12-10(9)11;1-5(2,3)4/h1,5,7-8H,3-4,6H2;(H3,1,2,3,4). The van der Waals surface area contributed by atoms with Crippen LogP contribution < -0.4 is 0 Å². The smallest absolute Gasteiger partial charge is 0.303 e. The maximum Gasteiger partial charge on any atom is 0.466 e. The molecule has 0 bridgehead atoms. The summed E-state index contributed by atoms with van der Waals surface area (Å²) in [5, 5.41) is 0. The lowest BCUT2D eigenvalue weighted by Gasteiger charge is -1.98. The monoisotopic (exact) mass is 261 g/mol. The first-order chi connectivity index (χ1) is 7.84. The van der Waals surface area contributed by atoms with E-state index in [9.17, 15) is 4.39 Å². The summed E-state index contributed by atoms with van der Waals surface area (Å²) in [5.41, 5.74) is 0.646. The van der Waals surface area contributed by atoms with Crippen molar-refractivity contribution in [1.82, 2.24) is 4.98 Å². The molecule has 0 aliphatic carbocycles. The van der Waals surface area contributed by atoms with Crippen LogP contribution in [0.1, 0.15) is 18.4 Å². The van der Waals surface area contributed by atoms with E-state index < -0.39 is 7.82 Å². The number of unbranched alkanes of at least 4 members (excludes halogenated alkanes) is 1. The normalized spacial score (nSPS) is 10.1. The van der Waals surface area contributed by atoms with Crippen molar-refractivity contribution in [3.05, 3.63) is 29.8 Å². The molecule has 0 aliphatic heterocycles. The Morgan fingerprint density at radius 1 is 1.47 bits per heavy atom. The number of hydrogen-bond acceptors (Lipinski definition) is 2. The first-order valence-corrected chi connectivity index (χ1v) is 6.22. The number of aryl methyl sites for hydroxylation is 1. The van der Waals surface area contributed by atoms with E-state index in [0.717, 1.165) is 6.42 Å². The molecule has 17 heavy (non-hydrogen) atoms. The average molecular weight is 261 g/mol. The van der Waals surface area contributed by atoms with Crippen molar-refractivity contribution in [3.63, 3.8) is 0 Å². The number of halogens is 1. The van der Waals surface area contributed by atoms with Crippen LogP contribution >= 0.6 is 7.82 Å². The zero-order chi connectivity index (χ0) is 13.3. The van der Waals surface area contributed by atoms with Gasteiger partial charge in [-0.2, -0.15) is 4.39 Å². The minimum Gasteiger partial charge on any atom is -0.303 e. The number of phosphoric acid groups is 1. The Labute approximate surface area is 98.6 Å². The van der Waals surface area contributed by atoms with Crippen LogP contribution in [0.25, 0.3) is 0 Å². The molecule has 0 unspecified atom stereocenters. The van der Waals surface area contributed by atoms with Gasteiger partial charge in [0.05, 0.1) is 0 Å². The SMILES string of the molecule is C#CCCCc1cccnc1F.O=P(O)(O)O. The second kappa shape index (κ2) is 7.93. The molecule has 94 valence electrons. The molecule has 0 aliphatic rings. The van der Waals surface area contributed by atoms with E-state index in [2.05, 4.69) is 10.9 Å². The summed E-state index contributed by atoms with van der Waals surface area (Å²) in [6.45, 7) is 0. The van der Waals surface area contributed by atoms with E-state index in [-0.39, 0.29) is 5.95 Å². The molecule has 3 N–H and O–H groups in total. The van der Waals surface area contributed by atoms with Gasteiger partial charge in [-0.3, -0.25) is 0 Å². The Kier molecular flexibility index (Phi) is 7.35. The molecule has 0 fully saturated rings.